The highest BCUT2D eigenvalue weighted by Gasteiger charge is 2.11. The zero-order valence-corrected chi connectivity index (χ0v) is 10.3. The number of rotatable bonds is 4. The third-order valence-electron chi connectivity index (χ3n) is 2.63. The lowest BCUT2D eigenvalue weighted by Crippen LogP contribution is -2.29. The maximum absolute atomic E-state index is 10.7. The highest BCUT2D eigenvalue weighted by atomic mass is 16.7. The predicted octanol–water partition coefficient (Wildman–Crippen LogP) is 2.30. The van der Waals surface area contributed by atoms with Crippen LogP contribution >= 0.6 is 0 Å². The molecule has 0 aliphatic rings. The number of aryl methyl sites for hydroxylation is 1. The van der Waals surface area contributed by atoms with Crippen LogP contribution in [0.3, 0.4) is 0 Å². The van der Waals surface area contributed by atoms with Crippen LogP contribution in [-0.4, -0.2) is 32.8 Å². The molecule has 0 bridgehead atoms. The molecule has 1 heterocycles. The summed E-state index contributed by atoms with van der Waals surface area (Å²) in [5, 5.41) is 9.68. The molecule has 0 radical (unpaired) electrons. The Kier molecular flexibility index (Phi) is 3.47. The van der Waals surface area contributed by atoms with Gasteiger partial charge in [0.1, 0.15) is 12.4 Å². The molecule has 6 nitrogen and oxygen atoms in total. The number of hydrogen-bond donors (Lipinski definition) is 2. The predicted molar refractivity (Wildman–Crippen MR) is 66.0 cm³/mol. The number of amides is 1. The maximum Gasteiger partial charge on any atom is 0.431 e. The van der Waals surface area contributed by atoms with Gasteiger partial charge in [0.05, 0.1) is 11.0 Å². The fourth-order valence-electron chi connectivity index (χ4n) is 1.71. The van der Waals surface area contributed by atoms with Gasteiger partial charge in [-0.2, -0.15) is 5.06 Å². The molecule has 1 aromatic heterocycles. The SMILES string of the molecule is CCN(OCc1nc2cccc(C)c2[nH]1)C(=O)O. The lowest BCUT2D eigenvalue weighted by molar-refractivity contribution is -0.139. The van der Waals surface area contributed by atoms with Crippen LogP contribution < -0.4 is 0 Å². The number of fused-ring (bicyclic) bond motifs is 1. The molecule has 0 saturated heterocycles. The zero-order valence-electron chi connectivity index (χ0n) is 10.3. The highest BCUT2D eigenvalue weighted by molar-refractivity contribution is 5.78. The van der Waals surface area contributed by atoms with Gasteiger partial charge in [0.25, 0.3) is 0 Å². The molecule has 2 aromatic rings. The van der Waals surface area contributed by atoms with E-state index in [1.807, 2.05) is 25.1 Å². The first kappa shape index (κ1) is 12.4. The van der Waals surface area contributed by atoms with Crippen LogP contribution in [0.2, 0.25) is 0 Å². The van der Waals surface area contributed by atoms with E-state index in [-0.39, 0.29) is 13.2 Å². The normalized spacial score (nSPS) is 10.8. The van der Waals surface area contributed by atoms with Gasteiger partial charge in [-0.25, -0.2) is 9.78 Å². The highest BCUT2D eigenvalue weighted by Crippen LogP contribution is 2.15. The summed E-state index contributed by atoms with van der Waals surface area (Å²) >= 11 is 0. The summed E-state index contributed by atoms with van der Waals surface area (Å²) < 4.78 is 0. The fraction of sp³-hybridized carbons (Fsp3) is 0.333. The molecule has 2 rings (SSSR count). The van der Waals surface area contributed by atoms with E-state index in [2.05, 4.69) is 9.97 Å². The van der Waals surface area contributed by atoms with Crippen molar-refractivity contribution in [3.8, 4) is 0 Å². The first-order valence-corrected chi connectivity index (χ1v) is 5.69. The van der Waals surface area contributed by atoms with Gasteiger partial charge in [-0.1, -0.05) is 12.1 Å². The quantitative estimate of drug-likeness (QED) is 0.815. The Bertz CT molecular complexity index is 565. The molecule has 0 unspecified atom stereocenters. The van der Waals surface area contributed by atoms with Crippen molar-refractivity contribution in [1.82, 2.24) is 15.0 Å². The van der Waals surface area contributed by atoms with Gasteiger partial charge >= 0.3 is 6.09 Å². The molecule has 6 heteroatoms. The van der Waals surface area contributed by atoms with E-state index in [1.54, 1.807) is 6.92 Å². The van der Waals surface area contributed by atoms with Gasteiger partial charge in [0.2, 0.25) is 0 Å². The standard InChI is InChI=1S/C12H15N3O3/c1-3-15(12(16)17)18-7-10-13-9-6-4-5-8(2)11(9)14-10/h4-6H,3,7H2,1-2H3,(H,13,14)(H,16,17). The zero-order chi connectivity index (χ0) is 13.1. The Morgan fingerprint density at radius 1 is 1.56 bits per heavy atom. The number of para-hydroxylation sites is 1. The second kappa shape index (κ2) is 5.05. The molecule has 1 amide bonds. The molecule has 96 valence electrons. The second-order valence-corrected chi connectivity index (χ2v) is 3.90. The van der Waals surface area contributed by atoms with Gasteiger partial charge in [0, 0.05) is 6.54 Å². The van der Waals surface area contributed by atoms with E-state index in [0.717, 1.165) is 21.7 Å². The topological polar surface area (TPSA) is 78.5 Å². The van der Waals surface area contributed by atoms with E-state index in [0.29, 0.717) is 5.82 Å². The Morgan fingerprint density at radius 3 is 2.94 bits per heavy atom. The number of aromatic nitrogens is 2. The van der Waals surface area contributed by atoms with Crippen LogP contribution in [0.25, 0.3) is 11.0 Å². The number of aromatic amines is 1. The molecule has 0 aliphatic carbocycles. The van der Waals surface area contributed by atoms with Gasteiger partial charge in [-0.15, -0.1) is 0 Å². The van der Waals surface area contributed by atoms with Crippen LogP contribution in [0.5, 0.6) is 0 Å². The number of nitrogens with one attached hydrogen (secondary N) is 1. The van der Waals surface area contributed by atoms with Crippen LogP contribution in [0.1, 0.15) is 18.3 Å². The van der Waals surface area contributed by atoms with Crippen LogP contribution in [0.4, 0.5) is 4.79 Å². The van der Waals surface area contributed by atoms with E-state index >= 15 is 0 Å². The lowest BCUT2D eigenvalue weighted by Gasteiger charge is -2.14. The number of hydroxylamine groups is 2. The number of benzene rings is 1. The van der Waals surface area contributed by atoms with E-state index < -0.39 is 6.09 Å². The van der Waals surface area contributed by atoms with E-state index in [4.69, 9.17) is 9.94 Å². The Morgan fingerprint density at radius 2 is 2.33 bits per heavy atom. The molecule has 0 fully saturated rings. The van der Waals surface area contributed by atoms with Crippen molar-refractivity contribution >= 4 is 17.1 Å². The Balaban J connectivity index is 2.13. The monoisotopic (exact) mass is 249 g/mol. The molecule has 1 aromatic carbocycles. The van der Waals surface area contributed by atoms with Crippen molar-refractivity contribution in [3.63, 3.8) is 0 Å². The number of nitrogens with zero attached hydrogens (tertiary/aromatic N) is 2. The molecular formula is C12H15N3O3. The number of imidazole rings is 1. The molecule has 0 spiro atoms. The van der Waals surface area contributed by atoms with Crippen LogP contribution in [0, 0.1) is 6.92 Å². The molecular weight excluding hydrogens is 234 g/mol. The van der Waals surface area contributed by atoms with Gasteiger partial charge in [0.15, 0.2) is 0 Å². The van der Waals surface area contributed by atoms with Crippen molar-refractivity contribution < 1.29 is 14.7 Å². The third-order valence-corrected chi connectivity index (χ3v) is 2.63. The summed E-state index contributed by atoms with van der Waals surface area (Å²) in [7, 11) is 0. The van der Waals surface area contributed by atoms with E-state index in [9.17, 15) is 4.79 Å². The first-order chi connectivity index (χ1) is 8.61. The van der Waals surface area contributed by atoms with E-state index in [1.165, 1.54) is 0 Å². The lowest BCUT2D eigenvalue weighted by atomic mass is 10.2. The summed E-state index contributed by atoms with van der Waals surface area (Å²) in [6.07, 6.45) is -1.11. The summed E-state index contributed by atoms with van der Waals surface area (Å²) in [5.74, 6) is 0.610. The summed E-state index contributed by atoms with van der Waals surface area (Å²) in [6, 6.07) is 5.82. The summed E-state index contributed by atoms with van der Waals surface area (Å²) in [6.45, 7) is 4.07. The Hall–Kier alpha value is -2.08. The van der Waals surface area contributed by atoms with Gasteiger partial charge < -0.3 is 10.1 Å². The number of carboxylic acid groups (broad SMARTS) is 1. The minimum atomic E-state index is -1.11. The Labute approximate surface area is 104 Å². The van der Waals surface area contributed by atoms with Crippen molar-refractivity contribution in [1.29, 1.82) is 0 Å². The first-order valence-electron chi connectivity index (χ1n) is 5.69. The van der Waals surface area contributed by atoms with Crippen LogP contribution in [-0.2, 0) is 11.4 Å². The van der Waals surface area contributed by atoms with Crippen molar-refractivity contribution in [2.75, 3.05) is 6.54 Å². The molecule has 0 atom stereocenters. The van der Waals surface area contributed by atoms with Gasteiger partial charge in [-0.3, -0.25) is 4.84 Å². The van der Waals surface area contributed by atoms with Crippen molar-refractivity contribution in [2.45, 2.75) is 20.5 Å². The number of H-pyrrole nitrogens is 1. The number of carbonyl (C=O) groups is 1. The minimum Gasteiger partial charge on any atom is -0.463 e. The average Bonchev–Trinajstić information content (AvgIpc) is 2.74. The molecule has 0 aliphatic heterocycles. The second-order valence-electron chi connectivity index (χ2n) is 3.90. The maximum atomic E-state index is 10.7. The summed E-state index contributed by atoms with van der Waals surface area (Å²) in [4.78, 5) is 23.4. The molecule has 0 saturated carbocycles. The number of hydrogen-bond acceptors (Lipinski definition) is 3. The molecule has 18 heavy (non-hydrogen) atoms. The summed E-state index contributed by atoms with van der Waals surface area (Å²) in [5.41, 5.74) is 2.90. The smallest absolute Gasteiger partial charge is 0.431 e. The van der Waals surface area contributed by atoms with Crippen molar-refractivity contribution in [3.05, 3.63) is 29.6 Å². The minimum absolute atomic E-state index is 0.105. The average molecular weight is 249 g/mol. The fourth-order valence-corrected chi connectivity index (χ4v) is 1.71. The van der Waals surface area contributed by atoms with Crippen molar-refractivity contribution in [2.24, 2.45) is 0 Å². The van der Waals surface area contributed by atoms with Crippen LogP contribution in [0.15, 0.2) is 18.2 Å². The third kappa shape index (κ3) is 2.43. The molecule has 2 N–H and O–H groups in total. The largest absolute Gasteiger partial charge is 0.463 e. The van der Waals surface area contributed by atoms with Gasteiger partial charge in [-0.05, 0) is 25.5 Å².